The lowest BCUT2D eigenvalue weighted by Crippen LogP contribution is -2.64. The molecule has 5 rings (SSSR count). The minimum absolute atomic E-state index is 0.0463. The molecule has 9 nitrogen and oxygen atoms in total. The number of aryl methyl sites for hydroxylation is 2. The van der Waals surface area contributed by atoms with E-state index in [1.54, 1.807) is 13.3 Å². The number of hydrogen-bond acceptors (Lipinski definition) is 8. The van der Waals surface area contributed by atoms with Crippen LogP contribution in [0.3, 0.4) is 0 Å². The van der Waals surface area contributed by atoms with Crippen LogP contribution in [0.5, 0.6) is 5.75 Å². The maximum atomic E-state index is 13.8. The van der Waals surface area contributed by atoms with Crippen LogP contribution in [-0.2, 0) is 21.3 Å². The number of nitrogens with one attached hydrogen (secondary N) is 3. The molecule has 3 fully saturated rings. The third kappa shape index (κ3) is 7.70. The van der Waals surface area contributed by atoms with Crippen LogP contribution < -0.4 is 20.1 Å². The number of benzene rings is 1. The summed E-state index contributed by atoms with van der Waals surface area (Å²) in [5, 5.41) is 6.59. The quantitative estimate of drug-likeness (QED) is 0.450. The molecule has 0 spiro atoms. The summed E-state index contributed by atoms with van der Waals surface area (Å²) in [6, 6.07) is 10.3. The van der Waals surface area contributed by atoms with Crippen LogP contribution in [0.1, 0.15) is 80.8 Å². The summed E-state index contributed by atoms with van der Waals surface area (Å²) in [6.07, 6.45) is 5.83. The van der Waals surface area contributed by atoms with E-state index in [4.69, 9.17) is 9.47 Å². The van der Waals surface area contributed by atoms with Gasteiger partial charge in [0.25, 0.3) is 0 Å². The normalized spacial score (nSPS) is 30.6. The Kier molecular flexibility index (Phi) is 10.2. The zero-order chi connectivity index (χ0) is 29.9. The molecule has 6 atom stereocenters. The smallest absolute Gasteiger partial charge is 0.216 e. The molecule has 0 radical (unpaired) electrons. The molecule has 3 heterocycles. The highest BCUT2D eigenvalue weighted by atomic mass is 32.2. The van der Waals surface area contributed by atoms with Crippen LogP contribution in [0.25, 0.3) is 0 Å². The zero-order valence-electron chi connectivity index (χ0n) is 25.8. The van der Waals surface area contributed by atoms with Gasteiger partial charge in [0.15, 0.2) is 0 Å². The molecule has 232 valence electrons. The molecule has 4 bridgehead atoms. The number of rotatable bonds is 6. The molecule has 2 aliphatic heterocycles. The Morgan fingerprint density at radius 2 is 1.90 bits per heavy atom. The summed E-state index contributed by atoms with van der Waals surface area (Å²) in [5.74, 6) is 1.55. The van der Waals surface area contributed by atoms with Gasteiger partial charge in [0.2, 0.25) is 10.0 Å². The van der Waals surface area contributed by atoms with Gasteiger partial charge in [0.05, 0.1) is 24.7 Å². The lowest BCUT2D eigenvalue weighted by Gasteiger charge is -2.40. The fourth-order valence-electron chi connectivity index (χ4n) is 7.14. The number of nitrogens with zero attached hydrogens (tertiary/aromatic N) is 2. The molecule has 0 amide bonds. The molecule has 42 heavy (non-hydrogen) atoms. The predicted molar refractivity (Wildman–Crippen MR) is 165 cm³/mol. The van der Waals surface area contributed by atoms with Crippen molar-refractivity contribution < 1.29 is 17.9 Å². The van der Waals surface area contributed by atoms with Gasteiger partial charge in [-0.2, -0.15) is 4.72 Å². The number of fused-ring (bicyclic) bond motifs is 4. The minimum Gasteiger partial charge on any atom is -0.497 e. The Morgan fingerprint density at radius 3 is 2.64 bits per heavy atom. The van der Waals surface area contributed by atoms with E-state index < -0.39 is 21.6 Å². The number of methoxy groups -OCH3 is 1. The van der Waals surface area contributed by atoms with Crippen LogP contribution in [-0.4, -0.2) is 62.4 Å². The predicted octanol–water partition coefficient (Wildman–Crippen LogP) is 4.37. The van der Waals surface area contributed by atoms with Crippen molar-refractivity contribution in [3.8, 4) is 5.75 Å². The summed E-state index contributed by atoms with van der Waals surface area (Å²) in [4.78, 5) is 7.16. The highest BCUT2D eigenvalue weighted by Crippen LogP contribution is 2.33. The number of hydrogen-bond donors (Lipinski definition) is 3. The summed E-state index contributed by atoms with van der Waals surface area (Å²) < 4.78 is 42.7. The third-order valence-electron chi connectivity index (χ3n) is 9.15. The van der Waals surface area contributed by atoms with Gasteiger partial charge in [-0.3, -0.25) is 20.5 Å². The third-order valence-corrected chi connectivity index (χ3v) is 11.0. The van der Waals surface area contributed by atoms with E-state index in [2.05, 4.69) is 71.1 Å². The molecule has 1 aromatic heterocycles. The first-order chi connectivity index (χ1) is 20.1. The van der Waals surface area contributed by atoms with Crippen molar-refractivity contribution >= 4 is 10.0 Å². The van der Waals surface area contributed by atoms with Crippen molar-refractivity contribution in [2.45, 2.75) is 103 Å². The van der Waals surface area contributed by atoms with E-state index in [1.807, 2.05) is 12.1 Å². The maximum absolute atomic E-state index is 13.8. The van der Waals surface area contributed by atoms with Gasteiger partial charge in [-0.1, -0.05) is 38.5 Å². The van der Waals surface area contributed by atoms with Crippen LogP contribution in [0.15, 0.2) is 36.5 Å². The topological polar surface area (TPSA) is 105 Å². The molecular weight excluding hydrogens is 550 g/mol. The van der Waals surface area contributed by atoms with Crippen LogP contribution in [0, 0.1) is 25.7 Å². The standard InChI is InChI=1S/C32H49N5O4S/c1-21(2)14-26-20-41-30-17-29(31-22(3)8-6-9-23(31)4)34-32(35-30)36-42(38,39)28-11-7-10-24(15-28)18-37(26)19-25-16-27(40-5)12-13-33-25/h6,8-9,12-13,16,21,24,26,28-30,32,34-36H,7,10-11,14-15,17-20H2,1-5H3/t24?,26-,28?,29?,30?,32?/m1/s1. The van der Waals surface area contributed by atoms with Gasteiger partial charge in [-0.15, -0.1) is 0 Å². The fourth-order valence-corrected chi connectivity index (χ4v) is 8.80. The minimum atomic E-state index is -3.57. The van der Waals surface area contributed by atoms with Crippen molar-refractivity contribution in [1.29, 1.82) is 0 Å². The van der Waals surface area contributed by atoms with Crippen molar-refractivity contribution in [2.24, 2.45) is 11.8 Å². The molecule has 3 N–H and O–H groups in total. The van der Waals surface area contributed by atoms with E-state index in [1.165, 1.54) is 16.7 Å². The second-order valence-electron chi connectivity index (χ2n) is 12.9. The zero-order valence-corrected chi connectivity index (χ0v) is 26.6. The van der Waals surface area contributed by atoms with Gasteiger partial charge < -0.3 is 9.47 Å². The molecule has 1 saturated carbocycles. The maximum Gasteiger partial charge on any atom is 0.216 e. The van der Waals surface area contributed by atoms with E-state index in [0.29, 0.717) is 38.3 Å². The van der Waals surface area contributed by atoms with Gasteiger partial charge in [-0.05, 0) is 74.1 Å². The Morgan fingerprint density at radius 1 is 1.12 bits per heavy atom. The van der Waals surface area contributed by atoms with Crippen molar-refractivity contribution in [1.82, 2.24) is 25.2 Å². The monoisotopic (exact) mass is 599 g/mol. The molecule has 3 aliphatic rings. The van der Waals surface area contributed by atoms with Crippen molar-refractivity contribution in [3.63, 3.8) is 0 Å². The molecule has 5 unspecified atom stereocenters. The number of sulfonamides is 1. The SMILES string of the molecule is COc1ccnc(CN2CC3CCCC(C3)S(=O)(=O)NC3NC(CC(c4c(C)cccc4C)N3)OC[C@H]2CC(C)C)c1. The van der Waals surface area contributed by atoms with Crippen LogP contribution in [0.4, 0.5) is 0 Å². The Hall–Kier alpha value is -2.08. The fraction of sp³-hybridized carbons (Fsp3) is 0.656. The second kappa shape index (κ2) is 13.7. The first-order valence-electron chi connectivity index (χ1n) is 15.5. The highest BCUT2D eigenvalue weighted by Gasteiger charge is 2.39. The number of ether oxygens (including phenoxy) is 2. The first-order valence-corrected chi connectivity index (χ1v) is 17.1. The summed E-state index contributed by atoms with van der Waals surface area (Å²) in [6.45, 7) is 10.8. The summed E-state index contributed by atoms with van der Waals surface area (Å²) in [7, 11) is -1.89. The molecular formula is C32H49N5O4S. The lowest BCUT2D eigenvalue weighted by molar-refractivity contribution is -0.0485. The van der Waals surface area contributed by atoms with Gasteiger partial charge in [-0.25, -0.2) is 8.42 Å². The first kappa shape index (κ1) is 31.3. The van der Waals surface area contributed by atoms with Crippen LogP contribution >= 0.6 is 0 Å². The summed E-state index contributed by atoms with van der Waals surface area (Å²) in [5.41, 5.74) is 4.54. The van der Waals surface area contributed by atoms with E-state index in [-0.39, 0.29) is 24.2 Å². The Bertz CT molecular complexity index is 1290. The molecule has 2 aromatic rings. The number of aromatic nitrogens is 1. The van der Waals surface area contributed by atoms with E-state index in [0.717, 1.165) is 37.3 Å². The van der Waals surface area contributed by atoms with Gasteiger partial charge in [0.1, 0.15) is 18.3 Å². The molecule has 1 aromatic carbocycles. The lowest BCUT2D eigenvalue weighted by atomic mass is 9.87. The molecule has 2 saturated heterocycles. The summed E-state index contributed by atoms with van der Waals surface area (Å²) >= 11 is 0. The van der Waals surface area contributed by atoms with Crippen LogP contribution in [0.2, 0.25) is 0 Å². The average Bonchev–Trinajstić information content (AvgIpc) is 2.94. The largest absolute Gasteiger partial charge is 0.497 e. The average molecular weight is 600 g/mol. The second-order valence-corrected chi connectivity index (χ2v) is 14.9. The number of pyridine rings is 1. The highest BCUT2D eigenvalue weighted by molar-refractivity contribution is 7.90. The van der Waals surface area contributed by atoms with E-state index in [9.17, 15) is 8.42 Å². The van der Waals surface area contributed by atoms with Gasteiger partial charge >= 0.3 is 0 Å². The van der Waals surface area contributed by atoms with Gasteiger partial charge in [0, 0.05) is 43.9 Å². The van der Waals surface area contributed by atoms with Crippen molar-refractivity contribution in [2.75, 3.05) is 20.3 Å². The molecule has 1 aliphatic carbocycles. The Balaban J connectivity index is 1.48. The van der Waals surface area contributed by atoms with Crippen molar-refractivity contribution in [3.05, 3.63) is 58.9 Å². The molecule has 10 heteroatoms. The Labute approximate surface area is 252 Å². The van der Waals surface area contributed by atoms with E-state index >= 15 is 0 Å².